The van der Waals surface area contributed by atoms with Crippen molar-refractivity contribution in [2.75, 3.05) is 39.1 Å². The van der Waals surface area contributed by atoms with E-state index >= 15 is 0 Å². The van der Waals surface area contributed by atoms with E-state index in [1.54, 1.807) is 4.90 Å². The largest absolute Gasteiger partial charge is 0.394 e. The first kappa shape index (κ1) is 22.1. The molecular formula is C19H29FN4O4. The minimum absolute atomic E-state index is 0.102. The lowest BCUT2D eigenvalue weighted by atomic mass is 9.97. The van der Waals surface area contributed by atoms with Gasteiger partial charge < -0.3 is 30.7 Å². The van der Waals surface area contributed by atoms with E-state index in [0.717, 1.165) is 6.42 Å². The number of aliphatic hydroxyl groups is 1. The van der Waals surface area contributed by atoms with Crippen molar-refractivity contribution in [2.24, 2.45) is 0 Å². The van der Waals surface area contributed by atoms with Crippen LogP contribution in [0.4, 0.5) is 14.9 Å². The quantitative estimate of drug-likeness (QED) is 0.523. The molecule has 1 aliphatic rings. The molecule has 0 spiro atoms. The van der Waals surface area contributed by atoms with Crippen LogP contribution in [0, 0.1) is 5.82 Å². The molecule has 28 heavy (non-hydrogen) atoms. The average molecular weight is 396 g/mol. The molecule has 1 fully saturated rings. The maximum Gasteiger partial charge on any atom is 0.319 e. The molecule has 1 aromatic rings. The second-order valence-electron chi connectivity index (χ2n) is 7.14. The first-order valence-corrected chi connectivity index (χ1v) is 9.38. The summed E-state index contributed by atoms with van der Waals surface area (Å²) in [5.41, 5.74) is 0.504. The number of hydrogen-bond acceptors (Lipinski definition) is 5. The van der Waals surface area contributed by atoms with Gasteiger partial charge in [0.25, 0.3) is 0 Å². The van der Waals surface area contributed by atoms with Crippen LogP contribution in [0.3, 0.4) is 0 Å². The van der Waals surface area contributed by atoms with Gasteiger partial charge in [-0.05, 0) is 57.6 Å². The number of nitrogens with zero attached hydrogens (tertiary/aromatic N) is 1. The second-order valence-corrected chi connectivity index (χ2v) is 7.14. The fraction of sp³-hybridized carbons (Fsp3) is 0.579. The van der Waals surface area contributed by atoms with E-state index in [4.69, 9.17) is 4.74 Å². The number of rotatable bonds is 8. The molecule has 0 radical (unpaired) electrons. The van der Waals surface area contributed by atoms with Crippen LogP contribution < -0.4 is 16.0 Å². The Morgan fingerprint density at radius 1 is 1.25 bits per heavy atom. The van der Waals surface area contributed by atoms with Gasteiger partial charge in [0, 0.05) is 12.2 Å². The highest BCUT2D eigenvalue weighted by atomic mass is 19.1. The summed E-state index contributed by atoms with van der Waals surface area (Å²) in [6.07, 6.45) is 1.45. The van der Waals surface area contributed by atoms with Crippen LogP contribution in [0.15, 0.2) is 24.3 Å². The normalized spacial score (nSPS) is 22.0. The number of amides is 3. The number of urea groups is 1. The Hall–Kier alpha value is -2.23. The molecular weight excluding hydrogens is 367 g/mol. The van der Waals surface area contributed by atoms with Crippen LogP contribution in [0.25, 0.3) is 0 Å². The minimum atomic E-state index is -0.460. The summed E-state index contributed by atoms with van der Waals surface area (Å²) in [4.78, 5) is 25.6. The zero-order valence-electron chi connectivity index (χ0n) is 16.3. The van der Waals surface area contributed by atoms with Crippen molar-refractivity contribution in [3.63, 3.8) is 0 Å². The van der Waals surface area contributed by atoms with E-state index in [0.29, 0.717) is 25.1 Å². The molecule has 2 rings (SSSR count). The topological polar surface area (TPSA) is 103 Å². The summed E-state index contributed by atoms with van der Waals surface area (Å²) in [5.74, 6) is -0.468. The Morgan fingerprint density at radius 2 is 1.96 bits per heavy atom. The Balaban J connectivity index is 1.70. The third-order valence-corrected chi connectivity index (χ3v) is 4.46. The molecule has 9 heteroatoms. The standard InChI is InChI=1S/C19H29FN4O4/c1-24(2)11-18(26)23-16-8-7-15(28-17(16)12-25)9-10-21-19(27)22-14-5-3-13(20)4-6-14/h3-6,15-17,25H,7-12H2,1-2H3,(H,23,26)(H2,21,22,27)/t15-,16+,17-/m0/s1. The Bertz CT molecular complexity index is 641. The van der Waals surface area contributed by atoms with Crippen LogP contribution in [-0.4, -0.2) is 74.0 Å². The van der Waals surface area contributed by atoms with E-state index < -0.39 is 6.10 Å². The van der Waals surface area contributed by atoms with Crippen molar-refractivity contribution in [1.29, 1.82) is 0 Å². The van der Waals surface area contributed by atoms with Gasteiger partial charge in [0.05, 0.1) is 25.3 Å². The van der Waals surface area contributed by atoms with Gasteiger partial charge in [-0.2, -0.15) is 0 Å². The Labute approximate surface area is 164 Å². The molecule has 4 N–H and O–H groups in total. The predicted molar refractivity (Wildman–Crippen MR) is 104 cm³/mol. The van der Waals surface area contributed by atoms with Crippen LogP contribution >= 0.6 is 0 Å². The van der Waals surface area contributed by atoms with Gasteiger partial charge in [-0.3, -0.25) is 4.79 Å². The average Bonchev–Trinajstić information content (AvgIpc) is 2.64. The van der Waals surface area contributed by atoms with E-state index in [9.17, 15) is 19.1 Å². The molecule has 0 bridgehead atoms. The molecule has 8 nitrogen and oxygen atoms in total. The van der Waals surface area contributed by atoms with Crippen molar-refractivity contribution in [3.8, 4) is 0 Å². The summed E-state index contributed by atoms with van der Waals surface area (Å²) in [6.45, 7) is 0.501. The van der Waals surface area contributed by atoms with Gasteiger partial charge in [-0.25, -0.2) is 9.18 Å². The monoisotopic (exact) mass is 396 g/mol. The van der Waals surface area contributed by atoms with Crippen molar-refractivity contribution in [1.82, 2.24) is 15.5 Å². The smallest absolute Gasteiger partial charge is 0.319 e. The zero-order chi connectivity index (χ0) is 20.5. The molecule has 0 unspecified atom stereocenters. The van der Waals surface area contributed by atoms with E-state index in [1.807, 2.05) is 14.1 Å². The van der Waals surface area contributed by atoms with E-state index in [2.05, 4.69) is 16.0 Å². The van der Waals surface area contributed by atoms with Crippen molar-refractivity contribution in [3.05, 3.63) is 30.1 Å². The molecule has 1 heterocycles. The van der Waals surface area contributed by atoms with Gasteiger partial charge in [-0.1, -0.05) is 0 Å². The third-order valence-electron chi connectivity index (χ3n) is 4.46. The summed E-state index contributed by atoms with van der Waals surface area (Å²) >= 11 is 0. The predicted octanol–water partition coefficient (Wildman–Crippen LogP) is 0.924. The molecule has 1 aliphatic heterocycles. The van der Waals surface area contributed by atoms with E-state index in [-0.39, 0.29) is 43.1 Å². The number of carbonyl (C=O) groups is 2. The molecule has 1 saturated heterocycles. The van der Waals surface area contributed by atoms with Crippen molar-refractivity contribution < 1.29 is 23.8 Å². The van der Waals surface area contributed by atoms with Crippen LogP contribution in [-0.2, 0) is 9.53 Å². The third kappa shape index (κ3) is 7.41. The van der Waals surface area contributed by atoms with E-state index in [1.165, 1.54) is 24.3 Å². The van der Waals surface area contributed by atoms with Crippen LogP contribution in [0.5, 0.6) is 0 Å². The second kappa shape index (κ2) is 10.9. The number of benzene rings is 1. The Kier molecular flexibility index (Phi) is 8.62. The maximum atomic E-state index is 12.9. The van der Waals surface area contributed by atoms with Crippen molar-refractivity contribution in [2.45, 2.75) is 37.5 Å². The summed E-state index contributed by atoms with van der Waals surface area (Å²) in [7, 11) is 3.63. The molecule has 0 aliphatic carbocycles. The van der Waals surface area contributed by atoms with Gasteiger partial charge >= 0.3 is 6.03 Å². The molecule has 0 aromatic heterocycles. The summed E-state index contributed by atoms with van der Waals surface area (Å²) in [6, 6.07) is 4.91. The number of nitrogens with one attached hydrogen (secondary N) is 3. The highest BCUT2D eigenvalue weighted by molar-refractivity contribution is 5.89. The molecule has 0 saturated carbocycles. The highest BCUT2D eigenvalue weighted by Gasteiger charge is 2.31. The highest BCUT2D eigenvalue weighted by Crippen LogP contribution is 2.21. The van der Waals surface area contributed by atoms with Crippen molar-refractivity contribution >= 4 is 17.6 Å². The number of anilines is 1. The lowest BCUT2D eigenvalue weighted by molar-refractivity contribution is -0.129. The number of likely N-dealkylation sites (N-methyl/N-ethyl adjacent to an activating group) is 1. The fourth-order valence-electron chi connectivity index (χ4n) is 3.10. The molecule has 3 atom stereocenters. The molecule has 3 amide bonds. The number of carbonyl (C=O) groups excluding carboxylic acids is 2. The minimum Gasteiger partial charge on any atom is -0.394 e. The van der Waals surface area contributed by atoms with Gasteiger partial charge in [0.15, 0.2) is 0 Å². The maximum absolute atomic E-state index is 12.9. The number of ether oxygens (including phenoxy) is 1. The SMILES string of the molecule is CN(C)CC(=O)N[C@@H]1CC[C@@H](CCNC(=O)Nc2ccc(F)cc2)O[C@H]1CO. The van der Waals surface area contributed by atoms with Crippen LogP contribution in [0.1, 0.15) is 19.3 Å². The van der Waals surface area contributed by atoms with Crippen LogP contribution in [0.2, 0.25) is 0 Å². The first-order valence-electron chi connectivity index (χ1n) is 9.38. The van der Waals surface area contributed by atoms with Gasteiger partial charge in [-0.15, -0.1) is 0 Å². The fourth-order valence-corrected chi connectivity index (χ4v) is 3.10. The lowest BCUT2D eigenvalue weighted by Crippen LogP contribution is -2.52. The number of hydrogen-bond donors (Lipinski definition) is 4. The molecule has 156 valence electrons. The zero-order valence-corrected chi connectivity index (χ0v) is 16.3. The summed E-state index contributed by atoms with van der Waals surface area (Å²) in [5, 5.41) is 17.8. The van der Waals surface area contributed by atoms with Gasteiger partial charge in [0.2, 0.25) is 5.91 Å². The number of aliphatic hydroxyl groups excluding tert-OH is 1. The lowest BCUT2D eigenvalue weighted by Gasteiger charge is -2.36. The summed E-state index contributed by atoms with van der Waals surface area (Å²) < 4.78 is 18.7. The van der Waals surface area contributed by atoms with Gasteiger partial charge in [0.1, 0.15) is 11.9 Å². The Morgan fingerprint density at radius 3 is 2.61 bits per heavy atom. The number of halogens is 1. The first-order chi connectivity index (χ1) is 13.4. The molecule has 1 aromatic carbocycles.